The molecule has 9 nitrogen and oxygen atoms in total. The lowest BCUT2D eigenvalue weighted by atomic mass is 9.69. The highest BCUT2D eigenvalue weighted by Crippen LogP contribution is 2.52. The van der Waals surface area contributed by atoms with E-state index >= 15 is 0 Å². The molecule has 222 valence electrons. The number of ether oxygens (including phenoxy) is 2. The first-order valence-electron chi connectivity index (χ1n) is 15.6. The number of nitriles is 1. The Kier molecular flexibility index (Phi) is 5.86. The SMILES string of the molecule is CC1CCC2(Cc3nc(OCC45CCCN4CC(F)C5)nc(N4CC(C5(O)CC5)C4)c3CO2)c2c1ccc(N)c2C#N. The Balaban J connectivity index is 1.16. The quantitative estimate of drug-likeness (QED) is 0.515. The van der Waals surface area contributed by atoms with Crippen LogP contribution in [0.2, 0.25) is 0 Å². The summed E-state index contributed by atoms with van der Waals surface area (Å²) < 4.78 is 27.6. The van der Waals surface area contributed by atoms with Gasteiger partial charge in [-0.2, -0.15) is 15.2 Å². The van der Waals surface area contributed by atoms with Crippen molar-refractivity contribution in [3.63, 3.8) is 0 Å². The van der Waals surface area contributed by atoms with Gasteiger partial charge in [0.25, 0.3) is 0 Å². The van der Waals surface area contributed by atoms with E-state index in [0.29, 0.717) is 55.8 Å². The summed E-state index contributed by atoms with van der Waals surface area (Å²) in [6.45, 7) is 5.73. The molecule has 5 heterocycles. The number of benzene rings is 1. The van der Waals surface area contributed by atoms with Crippen LogP contribution in [0.4, 0.5) is 15.9 Å². The first-order chi connectivity index (χ1) is 20.2. The largest absolute Gasteiger partial charge is 0.461 e. The second kappa shape index (κ2) is 9.25. The average molecular weight is 575 g/mol. The topological polar surface area (TPSA) is 121 Å². The van der Waals surface area contributed by atoms with E-state index in [-0.39, 0.29) is 11.5 Å². The molecule has 0 amide bonds. The van der Waals surface area contributed by atoms with E-state index < -0.39 is 17.4 Å². The molecule has 10 heteroatoms. The molecule has 0 bridgehead atoms. The summed E-state index contributed by atoms with van der Waals surface area (Å²) in [5.41, 5.74) is 9.60. The van der Waals surface area contributed by atoms with Crippen LogP contribution in [0, 0.1) is 17.2 Å². The Morgan fingerprint density at radius 2 is 2.05 bits per heavy atom. The van der Waals surface area contributed by atoms with Crippen LogP contribution in [0.5, 0.6) is 6.01 Å². The van der Waals surface area contributed by atoms with Crippen molar-refractivity contribution in [3.8, 4) is 12.1 Å². The standard InChI is InChI=1S/C32H39FN6O3/c1-19-5-7-32(27-22(19)3-4-25(35)23(27)13-34)12-26-24(17-42-32)28(38-14-20(15-38)31(40)8-9-31)37-29(36-26)41-18-30-6-2-10-39(30)16-21(33)11-30/h3-4,19-21,40H,2,5-12,14-18,35H2,1H3. The summed E-state index contributed by atoms with van der Waals surface area (Å²) >= 11 is 0. The van der Waals surface area contributed by atoms with Gasteiger partial charge in [0.15, 0.2) is 0 Å². The van der Waals surface area contributed by atoms with Crippen LogP contribution in [-0.2, 0) is 23.4 Å². The Morgan fingerprint density at radius 1 is 1.21 bits per heavy atom. The van der Waals surface area contributed by atoms with E-state index in [4.69, 9.17) is 25.2 Å². The third-order valence-corrected chi connectivity index (χ3v) is 11.3. The lowest BCUT2D eigenvalue weighted by molar-refractivity contribution is -0.0874. The Hall–Kier alpha value is -3.00. The lowest BCUT2D eigenvalue weighted by Gasteiger charge is -2.47. The minimum Gasteiger partial charge on any atom is -0.461 e. The van der Waals surface area contributed by atoms with Crippen molar-refractivity contribution in [2.45, 2.75) is 93.7 Å². The molecule has 3 saturated heterocycles. The molecule has 1 spiro atoms. The predicted octanol–water partition coefficient (Wildman–Crippen LogP) is 3.71. The van der Waals surface area contributed by atoms with Crippen LogP contribution in [0.1, 0.15) is 85.7 Å². The van der Waals surface area contributed by atoms with Crippen molar-refractivity contribution >= 4 is 11.5 Å². The van der Waals surface area contributed by atoms with Gasteiger partial charge in [-0.25, -0.2) is 4.39 Å². The molecule has 1 aromatic carbocycles. The van der Waals surface area contributed by atoms with Crippen LogP contribution in [-0.4, -0.2) is 70.1 Å². The molecular weight excluding hydrogens is 535 g/mol. The zero-order chi connectivity index (χ0) is 28.9. The maximum Gasteiger partial charge on any atom is 0.318 e. The van der Waals surface area contributed by atoms with Crippen LogP contribution in [0.25, 0.3) is 0 Å². The molecule has 1 aromatic heterocycles. The van der Waals surface area contributed by atoms with Crippen LogP contribution in [0.15, 0.2) is 12.1 Å². The van der Waals surface area contributed by atoms with Crippen molar-refractivity contribution in [2.75, 3.05) is 43.4 Å². The summed E-state index contributed by atoms with van der Waals surface area (Å²) in [6.07, 6.45) is 5.56. The van der Waals surface area contributed by atoms with Crippen LogP contribution < -0.4 is 15.4 Å². The summed E-state index contributed by atoms with van der Waals surface area (Å²) in [4.78, 5) is 14.4. The van der Waals surface area contributed by atoms with E-state index in [1.54, 1.807) is 0 Å². The number of alkyl halides is 1. The fraction of sp³-hybridized carbons (Fsp3) is 0.656. The maximum absolute atomic E-state index is 14.4. The minimum absolute atomic E-state index is 0.238. The number of hydrogen-bond donors (Lipinski definition) is 2. The van der Waals surface area contributed by atoms with Gasteiger partial charge < -0.3 is 25.2 Å². The fourth-order valence-electron chi connectivity index (χ4n) is 8.53. The van der Waals surface area contributed by atoms with Gasteiger partial charge in [-0.05, 0) is 62.6 Å². The highest BCUT2D eigenvalue weighted by atomic mass is 19.1. The summed E-state index contributed by atoms with van der Waals surface area (Å²) in [7, 11) is 0. The second-order valence-electron chi connectivity index (χ2n) is 13.8. The van der Waals surface area contributed by atoms with Gasteiger partial charge in [0.2, 0.25) is 0 Å². The summed E-state index contributed by atoms with van der Waals surface area (Å²) in [5, 5.41) is 20.8. The van der Waals surface area contributed by atoms with Gasteiger partial charge in [0, 0.05) is 55.2 Å². The normalized spacial score (nSPS) is 33.0. The number of halogens is 1. The highest BCUT2D eigenvalue weighted by molar-refractivity contribution is 5.64. The van der Waals surface area contributed by atoms with Gasteiger partial charge in [0.05, 0.1) is 29.0 Å². The molecule has 1 saturated carbocycles. The first-order valence-corrected chi connectivity index (χ1v) is 15.6. The van der Waals surface area contributed by atoms with Crippen molar-refractivity contribution < 1.29 is 19.0 Å². The number of hydrogen-bond acceptors (Lipinski definition) is 9. The van der Waals surface area contributed by atoms with Crippen LogP contribution in [0.3, 0.4) is 0 Å². The summed E-state index contributed by atoms with van der Waals surface area (Å²) in [6, 6.07) is 6.57. The van der Waals surface area contributed by atoms with E-state index in [9.17, 15) is 14.8 Å². The fourth-order valence-corrected chi connectivity index (χ4v) is 8.53. The predicted molar refractivity (Wildman–Crippen MR) is 154 cm³/mol. The maximum atomic E-state index is 14.4. The van der Waals surface area contributed by atoms with E-state index in [0.717, 1.165) is 86.4 Å². The molecule has 6 aliphatic rings. The lowest BCUT2D eigenvalue weighted by Crippen LogP contribution is -2.54. The second-order valence-corrected chi connectivity index (χ2v) is 13.8. The molecule has 4 atom stereocenters. The number of fused-ring (bicyclic) bond motifs is 4. The Bertz CT molecular complexity index is 1490. The van der Waals surface area contributed by atoms with Crippen LogP contribution >= 0.6 is 0 Å². The number of aromatic nitrogens is 2. The summed E-state index contributed by atoms with van der Waals surface area (Å²) in [5.74, 6) is 1.34. The van der Waals surface area contributed by atoms with Gasteiger partial charge in [-0.15, -0.1) is 0 Å². The Labute approximate surface area is 245 Å². The van der Waals surface area contributed by atoms with Crippen molar-refractivity contribution in [2.24, 2.45) is 5.92 Å². The zero-order valence-electron chi connectivity index (χ0n) is 24.2. The molecule has 3 N–H and O–H groups in total. The van der Waals surface area contributed by atoms with Crippen molar-refractivity contribution in [1.82, 2.24) is 14.9 Å². The number of rotatable bonds is 5. The zero-order valence-corrected chi connectivity index (χ0v) is 24.2. The number of aliphatic hydroxyl groups is 1. The molecule has 2 aliphatic carbocycles. The van der Waals surface area contributed by atoms with E-state index in [1.807, 2.05) is 12.1 Å². The number of nitrogen functional groups attached to an aromatic ring is 1. The minimum atomic E-state index is -0.826. The molecule has 4 aliphatic heterocycles. The molecule has 4 fully saturated rings. The van der Waals surface area contributed by atoms with Crippen molar-refractivity contribution in [1.29, 1.82) is 5.26 Å². The molecule has 0 radical (unpaired) electrons. The van der Waals surface area contributed by atoms with Gasteiger partial charge >= 0.3 is 6.01 Å². The Morgan fingerprint density at radius 3 is 2.83 bits per heavy atom. The molecule has 4 unspecified atom stereocenters. The monoisotopic (exact) mass is 574 g/mol. The van der Waals surface area contributed by atoms with Gasteiger partial charge in [0.1, 0.15) is 30.3 Å². The third kappa shape index (κ3) is 3.96. The van der Waals surface area contributed by atoms with Gasteiger partial charge in [-0.3, -0.25) is 4.90 Å². The first kappa shape index (κ1) is 26.6. The molecular formula is C32H39FN6O3. The number of nitrogens with zero attached hydrogens (tertiary/aromatic N) is 5. The third-order valence-electron chi connectivity index (χ3n) is 11.3. The number of nitrogens with two attached hydrogens (primary N) is 1. The molecule has 2 aromatic rings. The van der Waals surface area contributed by atoms with E-state index in [2.05, 4.69) is 22.8 Å². The highest BCUT2D eigenvalue weighted by Gasteiger charge is 2.54. The van der Waals surface area contributed by atoms with Gasteiger partial charge in [-0.1, -0.05) is 13.0 Å². The molecule has 42 heavy (non-hydrogen) atoms. The smallest absolute Gasteiger partial charge is 0.318 e. The number of anilines is 2. The molecule has 8 rings (SSSR count). The van der Waals surface area contributed by atoms with Crippen molar-refractivity contribution in [3.05, 3.63) is 40.1 Å². The average Bonchev–Trinajstić information content (AvgIpc) is 3.43. The van der Waals surface area contributed by atoms with E-state index in [1.165, 1.54) is 0 Å².